The molecule has 0 aliphatic carbocycles. The number of nitrogens with one attached hydrogen (secondary N) is 2. The number of piperidine rings is 1. The van der Waals surface area contributed by atoms with Gasteiger partial charge in [0.15, 0.2) is 0 Å². The zero-order chi connectivity index (χ0) is 13.2. The van der Waals surface area contributed by atoms with E-state index in [1.165, 1.54) is 0 Å². The standard InChI is InChI=1S/C12H14F4N2/c13-8-1-2-10(12(14,15)16)11(7-8)18-9-3-5-17-6-4-9/h1-2,7,9,17-18H,3-6H2. The maximum absolute atomic E-state index is 13.1. The predicted octanol–water partition coefficient (Wildman–Crippen LogP) is 3.01. The molecule has 0 bridgehead atoms. The Hall–Kier alpha value is -1.30. The topological polar surface area (TPSA) is 24.1 Å². The second kappa shape index (κ2) is 5.14. The van der Waals surface area contributed by atoms with Gasteiger partial charge in [-0.05, 0) is 44.1 Å². The molecule has 1 fully saturated rings. The summed E-state index contributed by atoms with van der Waals surface area (Å²) in [5.41, 5.74) is -0.989. The Morgan fingerprint density at radius 3 is 2.44 bits per heavy atom. The zero-order valence-electron chi connectivity index (χ0n) is 9.65. The van der Waals surface area contributed by atoms with Gasteiger partial charge in [-0.1, -0.05) is 0 Å². The van der Waals surface area contributed by atoms with Crippen LogP contribution in [0.4, 0.5) is 23.2 Å². The van der Waals surface area contributed by atoms with Crippen molar-refractivity contribution in [3.8, 4) is 0 Å². The van der Waals surface area contributed by atoms with Crippen LogP contribution < -0.4 is 10.6 Å². The van der Waals surface area contributed by atoms with Crippen molar-refractivity contribution in [2.45, 2.75) is 25.1 Å². The highest BCUT2D eigenvalue weighted by atomic mass is 19.4. The van der Waals surface area contributed by atoms with Crippen LogP contribution in [0.3, 0.4) is 0 Å². The Morgan fingerprint density at radius 2 is 1.83 bits per heavy atom. The average Bonchev–Trinajstić information content (AvgIpc) is 2.28. The quantitative estimate of drug-likeness (QED) is 0.801. The first-order valence-corrected chi connectivity index (χ1v) is 5.81. The van der Waals surface area contributed by atoms with E-state index in [1.807, 2.05) is 0 Å². The van der Waals surface area contributed by atoms with Gasteiger partial charge in [-0.15, -0.1) is 0 Å². The Morgan fingerprint density at radius 1 is 1.17 bits per heavy atom. The highest BCUT2D eigenvalue weighted by Gasteiger charge is 2.34. The molecule has 2 N–H and O–H groups in total. The smallest absolute Gasteiger partial charge is 0.382 e. The van der Waals surface area contributed by atoms with E-state index in [-0.39, 0.29) is 11.7 Å². The third kappa shape index (κ3) is 3.13. The summed E-state index contributed by atoms with van der Waals surface area (Å²) in [6.45, 7) is 1.52. The third-order valence-corrected chi connectivity index (χ3v) is 2.99. The molecular formula is C12H14F4N2. The first-order valence-electron chi connectivity index (χ1n) is 5.81. The Balaban J connectivity index is 2.21. The summed E-state index contributed by atoms with van der Waals surface area (Å²) in [5.74, 6) is -0.667. The van der Waals surface area contributed by atoms with Crippen molar-refractivity contribution in [3.05, 3.63) is 29.6 Å². The van der Waals surface area contributed by atoms with Crippen molar-refractivity contribution in [1.82, 2.24) is 5.32 Å². The van der Waals surface area contributed by atoms with Crippen LogP contribution in [0.1, 0.15) is 18.4 Å². The summed E-state index contributed by atoms with van der Waals surface area (Å²) >= 11 is 0. The first-order chi connectivity index (χ1) is 8.47. The van der Waals surface area contributed by atoms with Crippen LogP contribution in [0.25, 0.3) is 0 Å². The Bertz CT molecular complexity index is 411. The molecule has 0 amide bonds. The molecule has 1 aliphatic rings. The number of halogens is 4. The molecule has 1 aromatic carbocycles. The van der Waals surface area contributed by atoms with E-state index >= 15 is 0 Å². The van der Waals surface area contributed by atoms with E-state index in [0.717, 1.165) is 44.1 Å². The number of rotatable bonds is 2. The molecule has 100 valence electrons. The minimum atomic E-state index is -4.47. The summed E-state index contributed by atoms with van der Waals surface area (Å²) in [7, 11) is 0. The van der Waals surface area contributed by atoms with Gasteiger partial charge in [0.05, 0.1) is 5.56 Å². The van der Waals surface area contributed by atoms with Crippen LogP contribution in [-0.4, -0.2) is 19.1 Å². The Kier molecular flexibility index (Phi) is 3.75. The molecule has 6 heteroatoms. The number of anilines is 1. The maximum atomic E-state index is 13.1. The maximum Gasteiger partial charge on any atom is 0.418 e. The SMILES string of the molecule is Fc1ccc(C(F)(F)F)c(NC2CCNCC2)c1. The van der Waals surface area contributed by atoms with Gasteiger partial charge in [0.25, 0.3) is 0 Å². The first kappa shape index (κ1) is 13.1. The van der Waals surface area contributed by atoms with Gasteiger partial charge in [0, 0.05) is 11.7 Å². The average molecular weight is 262 g/mol. The molecule has 18 heavy (non-hydrogen) atoms. The number of alkyl halides is 3. The number of hydrogen-bond donors (Lipinski definition) is 2. The minimum absolute atomic E-state index is 0.0471. The van der Waals surface area contributed by atoms with E-state index < -0.39 is 17.6 Å². The molecule has 2 rings (SSSR count). The lowest BCUT2D eigenvalue weighted by molar-refractivity contribution is -0.137. The molecule has 0 unspecified atom stereocenters. The minimum Gasteiger partial charge on any atom is -0.382 e. The fraction of sp³-hybridized carbons (Fsp3) is 0.500. The summed E-state index contributed by atoms with van der Waals surface area (Å²) in [4.78, 5) is 0. The molecule has 2 nitrogen and oxygen atoms in total. The lowest BCUT2D eigenvalue weighted by atomic mass is 10.0. The second-order valence-corrected chi connectivity index (χ2v) is 4.36. The predicted molar refractivity (Wildman–Crippen MR) is 60.9 cm³/mol. The van der Waals surface area contributed by atoms with Crippen LogP contribution in [0.15, 0.2) is 18.2 Å². The molecule has 1 aromatic rings. The monoisotopic (exact) mass is 262 g/mol. The highest BCUT2D eigenvalue weighted by molar-refractivity contribution is 5.53. The molecule has 1 heterocycles. The van der Waals surface area contributed by atoms with Gasteiger partial charge in [-0.2, -0.15) is 13.2 Å². The molecule has 0 saturated carbocycles. The molecular weight excluding hydrogens is 248 g/mol. The van der Waals surface area contributed by atoms with Crippen LogP contribution in [0.2, 0.25) is 0 Å². The van der Waals surface area contributed by atoms with Crippen molar-refractivity contribution >= 4 is 5.69 Å². The van der Waals surface area contributed by atoms with Crippen molar-refractivity contribution in [1.29, 1.82) is 0 Å². The molecule has 1 aliphatic heterocycles. The number of benzene rings is 1. The van der Waals surface area contributed by atoms with Gasteiger partial charge in [0.1, 0.15) is 5.82 Å². The van der Waals surface area contributed by atoms with E-state index in [0.29, 0.717) is 0 Å². The normalized spacial score (nSPS) is 17.8. The van der Waals surface area contributed by atoms with E-state index in [9.17, 15) is 17.6 Å². The molecule has 0 atom stereocenters. The van der Waals surface area contributed by atoms with Crippen LogP contribution in [0, 0.1) is 5.82 Å². The summed E-state index contributed by atoms with van der Waals surface area (Å²) < 4.78 is 51.3. The lowest BCUT2D eigenvalue weighted by Gasteiger charge is -2.26. The van der Waals surface area contributed by atoms with Gasteiger partial charge in [0.2, 0.25) is 0 Å². The van der Waals surface area contributed by atoms with E-state index in [4.69, 9.17) is 0 Å². The van der Waals surface area contributed by atoms with Gasteiger partial charge in [-0.3, -0.25) is 0 Å². The van der Waals surface area contributed by atoms with Crippen molar-refractivity contribution in [3.63, 3.8) is 0 Å². The molecule has 0 radical (unpaired) electrons. The van der Waals surface area contributed by atoms with Gasteiger partial charge in [-0.25, -0.2) is 4.39 Å². The van der Waals surface area contributed by atoms with Crippen molar-refractivity contribution < 1.29 is 17.6 Å². The Labute approximate surface area is 102 Å². The summed E-state index contributed by atoms with van der Waals surface area (Å²) in [6.07, 6.45) is -3.01. The molecule has 1 saturated heterocycles. The fourth-order valence-corrected chi connectivity index (χ4v) is 2.07. The van der Waals surface area contributed by atoms with E-state index in [1.54, 1.807) is 0 Å². The number of hydrogen-bond acceptors (Lipinski definition) is 2. The van der Waals surface area contributed by atoms with Crippen molar-refractivity contribution in [2.24, 2.45) is 0 Å². The zero-order valence-corrected chi connectivity index (χ0v) is 9.65. The van der Waals surface area contributed by atoms with Crippen LogP contribution in [0.5, 0.6) is 0 Å². The largest absolute Gasteiger partial charge is 0.418 e. The van der Waals surface area contributed by atoms with Gasteiger partial charge >= 0.3 is 6.18 Å². The second-order valence-electron chi connectivity index (χ2n) is 4.36. The van der Waals surface area contributed by atoms with Crippen LogP contribution in [-0.2, 0) is 6.18 Å². The van der Waals surface area contributed by atoms with Crippen molar-refractivity contribution in [2.75, 3.05) is 18.4 Å². The third-order valence-electron chi connectivity index (χ3n) is 2.99. The van der Waals surface area contributed by atoms with E-state index in [2.05, 4.69) is 10.6 Å². The summed E-state index contributed by atoms with van der Waals surface area (Å²) in [5, 5.41) is 5.92. The fourth-order valence-electron chi connectivity index (χ4n) is 2.07. The highest BCUT2D eigenvalue weighted by Crippen LogP contribution is 2.35. The van der Waals surface area contributed by atoms with Gasteiger partial charge < -0.3 is 10.6 Å². The molecule has 0 spiro atoms. The summed E-state index contributed by atoms with van der Waals surface area (Å²) in [6, 6.07) is 2.47. The van der Waals surface area contributed by atoms with Crippen LogP contribution >= 0.6 is 0 Å². The lowest BCUT2D eigenvalue weighted by Crippen LogP contribution is -2.35. The molecule has 0 aromatic heterocycles.